The van der Waals surface area contributed by atoms with Gasteiger partial charge in [-0.15, -0.1) is 0 Å². The van der Waals surface area contributed by atoms with Gasteiger partial charge in [-0.2, -0.15) is 0 Å². The Hall–Kier alpha value is -2.57. The molecule has 2 aromatic heterocycles. The molecule has 0 aliphatic carbocycles. The van der Waals surface area contributed by atoms with Crippen LogP contribution in [0.5, 0.6) is 11.5 Å². The van der Waals surface area contributed by atoms with Gasteiger partial charge in [-0.3, -0.25) is 4.79 Å². The Morgan fingerprint density at radius 3 is 2.41 bits per heavy atom. The van der Waals surface area contributed by atoms with Gasteiger partial charge in [0.25, 0.3) is 5.56 Å². The molecule has 27 heavy (non-hydrogen) atoms. The smallest absolute Gasteiger partial charge is 0.259 e. The Labute approximate surface area is 162 Å². The van der Waals surface area contributed by atoms with Gasteiger partial charge in [0.05, 0.1) is 19.6 Å². The van der Waals surface area contributed by atoms with Crippen molar-refractivity contribution in [1.29, 1.82) is 0 Å². The van der Waals surface area contributed by atoms with Crippen LogP contribution < -0.4 is 15.0 Å². The largest absolute Gasteiger partial charge is 0.496 e. The van der Waals surface area contributed by atoms with Crippen molar-refractivity contribution in [2.24, 2.45) is 7.05 Å². The second kappa shape index (κ2) is 7.58. The molecule has 7 heteroatoms. The highest BCUT2D eigenvalue weighted by molar-refractivity contribution is 6.30. The maximum atomic E-state index is 12.5. The second-order valence-electron chi connectivity index (χ2n) is 6.61. The van der Waals surface area contributed by atoms with Crippen molar-refractivity contribution in [3.8, 4) is 22.6 Å². The van der Waals surface area contributed by atoms with E-state index in [1.54, 1.807) is 33.5 Å². The number of methoxy groups -OCH3 is 2. The molecular weight excluding hydrogens is 366 g/mol. The molecule has 3 aromatic rings. The first kappa shape index (κ1) is 19.2. The van der Waals surface area contributed by atoms with Gasteiger partial charge in [-0.25, -0.2) is 4.98 Å². The number of hydrogen-bond donors (Lipinski definition) is 0. The summed E-state index contributed by atoms with van der Waals surface area (Å²) in [7, 11) is 8.97. The van der Waals surface area contributed by atoms with Crippen LogP contribution >= 0.6 is 11.6 Å². The third kappa shape index (κ3) is 3.63. The highest BCUT2D eigenvalue weighted by Gasteiger charge is 2.17. The first-order valence-electron chi connectivity index (χ1n) is 8.40. The van der Waals surface area contributed by atoms with E-state index in [1.165, 1.54) is 10.8 Å². The summed E-state index contributed by atoms with van der Waals surface area (Å²) in [5.41, 5.74) is 2.52. The quantitative estimate of drug-likeness (QED) is 0.628. The van der Waals surface area contributed by atoms with Crippen molar-refractivity contribution in [3.05, 3.63) is 51.7 Å². The molecule has 0 aliphatic rings. The topological polar surface area (TPSA) is 56.6 Å². The molecule has 0 unspecified atom stereocenters. The number of hydrogen-bond acceptors (Lipinski definition) is 5. The van der Waals surface area contributed by atoms with Crippen molar-refractivity contribution in [2.75, 3.05) is 28.3 Å². The van der Waals surface area contributed by atoms with E-state index in [-0.39, 0.29) is 5.56 Å². The molecule has 1 aromatic carbocycles. The molecule has 0 radical (unpaired) electrons. The lowest BCUT2D eigenvalue weighted by molar-refractivity contribution is 0.367. The van der Waals surface area contributed by atoms with Gasteiger partial charge in [-0.1, -0.05) is 11.6 Å². The Morgan fingerprint density at radius 2 is 1.78 bits per heavy atom. The molecule has 0 saturated carbocycles. The van der Waals surface area contributed by atoms with Crippen molar-refractivity contribution >= 4 is 22.4 Å². The minimum absolute atomic E-state index is 0.131. The van der Waals surface area contributed by atoms with Crippen LogP contribution in [0.3, 0.4) is 0 Å². The van der Waals surface area contributed by atoms with E-state index in [4.69, 9.17) is 21.1 Å². The van der Waals surface area contributed by atoms with E-state index in [0.29, 0.717) is 22.8 Å². The minimum Gasteiger partial charge on any atom is -0.496 e. The van der Waals surface area contributed by atoms with Gasteiger partial charge in [-0.05, 0) is 32.3 Å². The highest BCUT2D eigenvalue weighted by atomic mass is 35.5. The molecule has 0 bridgehead atoms. The summed E-state index contributed by atoms with van der Waals surface area (Å²) in [6.07, 6.45) is 3.29. The molecule has 0 aliphatic heterocycles. The second-order valence-corrected chi connectivity index (χ2v) is 7.00. The van der Waals surface area contributed by atoms with Crippen LogP contribution in [0.1, 0.15) is 5.56 Å². The lowest BCUT2D eigenvalue weighted by atomic mass is 9.98. The monoisotopic (exact) mass is 387 g/mol. The van der Waals surface area contributed by atoms with E-state index in [2.05, 4.69) is 9.88 Å². The maximum absolute atomic E-state index is 12.5. The third-order valence-corrected chi connectivity index (χ3v) is 4.62. The SMILES string of the molecule is COc1cc(-c2cn(C)c(=O)c3cnc(Cl)cc23)c(OC)cc1CN(C)C. The Balaban J connectivity index is 2.35. The fourth-order valence-corrected chi connectivity index (χ4v) is 3.34. The number of aromatic nitrogens is 2. The predicted molar refractivity (Wildman–Crippen MR) is 108 cm³/mol. The standard InChI is InChI=1S/C20H22ClN3O3/c1-23(2)10-12-6-18(27-5)14(7-17(12)26-4)16-11-24(3)20(25)15-9-22-19(21)8-13(15)16/h6-9,11H,10H2,1-5H3. The number of rotatable bonds is 5. The molecule has 0 atom stereocenters. The first-order valence-corrected chi connectivity index (χ1v) is 8.78. The molecule has 0 N–H and O–H groups in total. The van der Waals surface area contributed by atoms with E-state index in [1.807, 2.05) is 26.2 Å². The van der Waals surface area contributed by atoms with Crippen LogP contribution in [0, 0.1) is 0 Å². The fraction of sp³-hybridized carbons (Fsp3) is 0.300. The van der Waals surface area contributed by atoms with E-state index in [9.17, 15) is 4.79 Å². The van der Waals surface area contributed by atoms with Gasteiger partial charge >= 0.3 is 0 Å². The summed E-state index contributed by atoms with van der Waals surface area (Å²) < 4.78 is 12.8. The van der Waals surface area contributed by atoms with Gasteiger partial charge in [0, 0.05) is 48.1 Å². The number of aryl methyl sites for hydroxylation is 1. The molecule has 142 valence electrons. The zero-order chi connectivity index (χ0) is 19.7. The van der Waals surface area contributed by atoms with Crippen LogP contribution in [-0.4, -0.2) is 42.8 Å². The van der Waals surface area contributed by atoms with E-state index >= 15 is 0 Å². The molecule has 0 amide bonds. The summed E-state index contributed by atoms with van der Waals surface area (Å²) in [6, 6.07) is 5.60. The van der Waals surface area contributed by atoms with Gasteiger partial charge in [0.2, 0.25) is 0 Å². The summed E-state index contributed by atoms with van der Waals surface area (Å²) in [4.78, 5) is 18.6. The number of benzene rings is 1. The van der Waals surface area contributed by atoms with Gasteiger partial charge < -0.3 is 18.9 Å². The Kier molecular flexibility index (Phi) is 5.39. The molecule has 0 saturated heterocycles. The van der Waals surface area contributed by atoms with Crippen molar-refractivity contribution in [3.63, 3.8) is 0 Å². The molecule has 3 rings (SSSR count). The summed E-state index contributed by atoms with van der Waals surface area (Å²) in [5, 5.41) is 1.55. The van der Waals surface area contributed by atoms with Crippen LogP contribution in [0.15, 0.2) is 35.4 Å². The van der Waals surface area contributed by atoms with Gasteiger partial charge in [0.1, 0.15) is 16.7 Å². The number of halogens is 1. The minimum atomic E-state index is -0.131. The number of ether oxygens (including phenoxy) is 2. The first-order chi connectivity index (χ1) is 12.8. The lowest BCUT2D eigenvalue weighted by Crippen LogP contribution is -2.17. The summed E-state index contributed by atoms with van der Waals surface area (Å²) >= 11 is 6.10. The maximum Gasteiger partial charge on any atom is 0.259 e. The summed E-state index contributed by atoms with van der Waals surface area (Å²) in [5.74, 6) is 1.45. The lowest BCUT2D eigenvalue weighted by Gasteiger charge is -2.19. The number of fused-ring (bicyclic) bond motifs is 1. The molecular formula is C20H22ClN3O3. The fourth-order valence-electron chi connectivity index (χ4n) is 3.19. The van der Waals surface area contributed by atoms with Crippen molar-refractivity contribution < 1.29 is 9.47 Å². The number of pyridine rings is 2. The molecule has 0 spiro atoms. The molecule has 6 nitrogen and oxygen atoms in total. The average molecular weight is 388 g/mol. The van der Waals surface area contributed by atoms with Crippen LogP contribution in [0.2, 0.25) is 5.15 Å². The van der Waals surface area contributed by atoms with Gasteiger partial charge in [0.15, 0.2) is 0 Å². The third-order valence-electron chi connectivity index (χ3n) is 4.41. The predicted octanol–water partition coefficient (Wildman–Crippen LogP) is 3.33. The highest BCUT2D eigenvalue weighted by Crippen LogP contribution is 2.39. The average Bonchev–Trinajstić information content (AvgIpc) is 2.64. The van der Waals surface area contributed by atoms with Crippen molar-refractivity contribution in [2.45, 2.75) is 6.54 Å². The zero-order valence-electron chi connectivity index (χ0n) is 16.0. The van der Waals surface area contributed by atoms with Crippen molar-refractivity contribution in [1.82, 2.24) is 14.5 Å². The van der Waals surface area contributed by atoms with E-state index < -0.39 is 0 Å². The van der Waals surface area contributed by atoms with Crippen LogP contribution in [-0.2, 0) is 13.6 Å². The zero-order valence-corrected chi connectivity index (χ0v) is 16.8. The molecule has 0 fully saturated rings. The normalized spacial score (nSPS) is 11.2. The summed E-state index contributed by atoms with van der Waals surface area (Å²) in [6.45, 7) is 0.712. The number of nitrogens with zero attached hydrogens (tertiary/aromatic N) is 3. The van der Waals surface area contributed by atoms with Crippen LogP contribution in [0.25, 0.3) is 21.9 Å². The van der Waals surface area contributed by atoms with Crippen LogP contribution in [0.4, 0.5) is 0 Å². The van der Waals surface area contributed by atoms with E-state index in [0.717, 1.165) is 27.8 Å². The molecule has 2 heterocycles. The Morgan fingerprint density at radius 1 is 1.07 bits per heavy atom. The Bertz CT molecular complexity index is 1060.